The molecule has 2 amide bonds. The standard InChI is InChI=1S/C20H27N3O4S/c1-21-11-10-20(18(21)25)15-23(28(2,26)27)14-19(20)8-12-22(13-9-19)17(24)16-6-4-3-5-7-16/h3-7H,8-15H2,1-2H3/t20-/m1/s1. The van der Waals surface area contributed by atoms with E-state index in [2.05, 4.69) is 0 Å². The predicted octanol–water partition coefficient (Wildman–Crippen LogP) is 1.03. The number of likely N-dealkylation sites (tertiary alicyclic amines) is 2. The number of benzene rings is 1. The number of nitrogens with zero attached hydrogens (tertiary/aromatic N) is 3. The molecular formula is C20H27N3O4S. The minimum atomic E-state index is -3.37. The Labute approximate surface area is 166 Å². The molecule has 1 aromatic carbocycles. The van der Waals surface area contributed by atoms with Crippen LogP contribution < -0.4 is 0 Å². The third-order valence-electron chi connectivity index (χ3n) is 7.07. The highest BCUT2D eigenvalue weighted by molar-refractivity contribution is 7.88. The molecule has 8 heteroatoms. The summed E-state index contributed by atoms with van der Waals surface area (Å²) in [6.45, 7) is 2.39. The fourth-order valence-corrected chi connectivity index (χ4v) is 6.29. The lowest BCUT2D eigenvalue weighted by Crippen LogP contribution is -2.53. The molecule has 0 N–H and O–H groups in total. The molecule has 7 nitrogen and oxygen atoms in total. The third-order valence-corrected chi connectivity index (χ3v) is 8.26. The molecule has 3 heterocycles. The fourth-order valence-electron chi connectivity index (χ4n) is 5.36. The van der Waals surface area contributed by atoms with Crippen LogP contribution in [0.5, 0.6) is 0 Å². The molecule has 3 fully saturated rings. The number of hydrogen-bond donors (Lipinski definition) is 0. The molecule has 0 unspecified atom stereocenters. The lowest BCUT2D eigenvalue weighted by atomic mass is 9.60. The Hall–Kier alpha value is -1.93. The highest BCUT2D eigenvalue weighted by Crippen LogP contribution is 2.58. The molecule has 0 saturated carbocycles. The summed E-state index contributed by atoms with van der Waals surface area (Å²) in [6, 6.07) is 9.20. The Morgan fingerprint density at radius 1 is 1.00 bits per heavy atom. The van der Waals surface area contributed by atoms with E-state index in [0.717, 1.165) is 0 Å². The molecule has 0 aliphatic carbocycles. The lowest BCUT2D eigenvalue weighted by Gasteiger charge is -2.46. The number of rotatable bonds is 2. The Kier molecular flexibility index (Phi) is 4.54. The van der Waals surface area contributed by atoms with Crippen LogP contribution in [0.1, 0.15) is 29.6 Å². The molecule has 28 heavy (non-hydrogen) atoms. The van der Waals surface area contributed by atoms with Crippen molar-refractivity contribution < 1.29 is 18.0 Å². The van der Waals surface area contributed by atoms with Gasteiger partial charge in [-0.2, -0.15) is 0 Å². The van der Waals surface area contributed by atoms with Crippen LogP contribution in [0.25, 0.3) is 0 Å². The van der Waals surface area contributed by atoms with E-state index in [1.54, 1.807) is 11.9 Å². The van der Waals surface area contributed by atoms with Gasteiger partial charge in [-0.05, 0) is 31.4 Å². The van der Waals surface area contributed by atoms with Gasteiger partial charge < -0.3 is 9.80 Å². The Bertz CT molecular complexity index is 893. The number of piperidine rings is 1. The largest absolute Gasteiger partial charge is 0.345 e. The van der Waals surface area contributed by atoms with E-state index in [-0.39, 0.29) is 18.4 Å². The molecule has 1 atom stereocenters. The van der Waals surface area contributed by atoms with Crippen molar-refractivity contribution in [2.75, 3.05) is 46.0 Å². The maximum Gasteiger partial charge on any atom is 0.253 e. The molecule has 0 radical (unpaired) electrons. The first-order chi connectivity index (χ1) is 13.2. The zero-order chi connectivity index (χ0) is 20.2. The van der Waals surface area contributed by atoms with Gasteiger partial charge in [-0.25, -0.2) is 12.7 Å². The van der Waals surface area contributed by atoms with Gasteiger partial charge in [-0.1, -0.05) is 18.2 Å². The predicted molar refractivity (Wildman–Crippen MR) is 105 cm³/mol. The van der Waals surface area contributed by atoms with E-state index in [0.29, 0.717) is 51.0 Å². The van der Waals surface area contributed by atoms with E-state index >= 15 is 0 Å². The average Bonchev–Trinajstić information content (AvgIpc) is 3.16. The highest BCUT2D eigenvalue weighted by Gasteiger charge is 2.66. The number of hydrogen-bond acceptors (Lipinski definition) is 4. The van der Waals surface area contributed by atoms with Crippen LogP contribution in [0.15, 0.2) is 30.3 Å². The van der Waals surface area contributed by atoms with Gasteiger partial charge in [0.2, 0.25) is 15.9 Å². The van der Waals surface area contributed by atoms with Crippen molar-refractivity contribution in [1.82, 2.24) is 14.1 Å². The Morgan fingerprint density at radius 2 is 1.64 bits per heavy atom. The second kappa shape index (κ2) is 6.56. The Balaban J connectivity index is 1.60. The molecule has 3 saturated heterocycles. The van der Waals surface area contributed by atoms with Crippen molar-refractivity contribution in [3.05, 3.63) is 35.9 Å². The summed E-state index contributed by atoms with van der Waals surface area (Å²) in [5.41, 5.74) is -0.396. The minimum absolute atomic E-state index is 0.00247. The van der Waals surface area contributed by atoms with Gasteiger partial charge in [0, 0.05) is 50.7 Å². The Morgan fingerprint density at radius 3 is 2.18 bits per heavy atom. The number of fused-ring (bicyclic) bond motifs is 1. The van der Waals surface area contributed by atoms with E-state index < -0.39 is 20.9 Å². The van der Waals surface area contributed by atoms with Crippen LogP contribution in [0.3, 0.4) is 0 Å². The van der Waals surface area contributed by atoms with E-state index in [1.807, 2.05) is 35.2 Å². The van der Waals surface area contributed by atoms with E-state index in [4.69, 9.17) is 0 Å². The van der Waals surface area contributed by atoms with Crippen LogP contribution in [0.2, 0.25) is 0 Å². The summed E-state index contributed by atoms with van der Waals surface area (Å²) in [7, 11) is -1.58. The smallest absolute Gasteiger partial charge is 0.253 e. The molecule has 1 aromatic rings. The van der Waals surface area contributed by atoms with Crippen molar-refractivity contribution in [3.63, 3.8) is 0 Å². The van der Waals surface area contributed by atoms with Crippen molar-refractivity contribution >= 4 is 21.8 Å². The minimum Gasteiger partial charge on any atom is -0.345 e. The van der Waals surface area contributed by atoms with Crippen LogP contribution in [0, 0.1) is 10.8 Å². The third kappa shape index (κ3) is 2.85. The molecule has 4 rings (SSSR count). The van der Waals surface area contributed by atoms with Gasteiger partial charge in [0.25, 0.3) is 5.91 Å². The van der Waals surface area contributed by atoms with Gasteiger partial charge >= 0.3 is 0 Å². The molecule has 152 valence electrons. The van der Waals surface area contributed by atoms with Crippen molar-refractivity contribution in [2.24, 2.45) is 10.8 Å². The zero-order valence-corrected chi connectivity index (χ0v) is 17.2. The van der Waals surface area contributed by atoms with Crippen molar-refractivity contribution in [2.45, 2.75) is 19.3 Å². The van der Waals surface area contributed by atoms with Crippen LogP contribution in [0.4, 0.5) is 0 Å². The van der Waals surface area contributed by atoms with Crippen LogP contribution in [-0.2, 0) is 14.8 Å². The van der Waals surface area contributed by atoms with Gasteiger partial charge in [0.05, 0.1) is 11.7 Å². The summed E-state index contributed by atoms with van der Waals surface area (Å²) in [5, 5.41) is 0. The molecular weight excluding hydrogens is 378 g/mol. The topological polar surface area (TPSA) is 78.0 Å². The molecule has 3 aliphatic rings. The van der Waals surface area contributed by atoms with Crippen molar-refractivity contribution in [3.8, 4) is 0 Å². The molecule has 0 bridgehead atoms. The highest BCUT2D eigenvalue weighted by atomic mass is 32.2. The van der Waals surface area contributed by atoms with E-state index in [1.165, 1.54) is 10.6 Å². The first-order valence-electron chi connectivity index (χ1n) is 9.74. The summed E-state index contributed by atoms with van der Waals surface area (Å²) < 4.78 is 26.0. The maximum absolute atomic E-state index is 13.1. The fraction of sp³-hybridized carbons (Fsp3) is 0.600. The normalized spacial score (nSPS) is 27.9. The monoisotopic (exact) mass is 405 g/mol. The first-order valence-corrected chi connectivity index (χ1v) is 11.6. The quantitative estimate of drug-likeness (QED) is 0.736. The molecule has 3 aliphatic heterocycles. The summed E-state index contributed by atoms with van der Waals surface area (Å²) in [4.78, 5) is 29.5. The molecule has 2 spiro atoms. The van der Waals surface area contributed by atoms with Gasteiger partial charge in [-0.3, -0.25) is 9.59 Å². The van der Waals surface area contributed by atoms with Crippen LogP contribution in [-0.4, -0.2) is 80.4 Å². The summed E-state index contributed by atoms with van der Waals surface area (Å²) in [6.07, 6.45) is 3.20. The SMILES string of the molecule is CN1CC[C@@]2(CN(S(C)(=O)=O)CC23CCN(C(=O)c2ccccc2)CC3)C1=O. The lowest BCUT2D eigenvalue weighted by molar-refractivity contribution is -0.141. The second-order valence-corrected chi connectivity index (χ2v) is 10.5. The van der Waals surface area contributed by atoms with Crippen molar-refractivity contribution in [1.29, 1.82) is 0 Å². The summed E-state index contributed by atoms with van der Waals surface area (Å²) in [5.74, 6) is 0.0545. The second-order valence-electron chi connectivity index (χ2n) is 8.53. The van der Waals surface area contributed by atoms with Crippen LogP contribution >= 0.6 is 0 Å². The van der Waals surface area contributed by atoms with Gasteiger partial charge in [0.15, 0.2) is 0 Å². The number of carbonyl (C=O) groups excluding carboxylic acids is 2. The number of sulfonamides is 1. The zero-order valence-electron chi connectivity index (χ0n) is 16.4. The first kappa shape index (κ1) is 19.4. The number of carbonyl (C=O) groups is 2. The molecule has 0 aromatic heterocycles. The van der Waals surface area contributed by atoms with Gasteiger partial charge in [0.1, 0.15) is 0 Å². The number of amides is 2. The maximum atomic E-state index is 13.1. The average molecular weight is 406 g/mol. The van der Waals surface area contributed by atoms with Gasteiger partial charge in [-0.15, -0.1) is 0 Å². The van der Waals surface area contributed by atoms with E-state index in [9.17, 15) is 18.0 Å². The summed E-state index contributed by atoms with van der Waals surface area (Å²) >= 11 is 0.